The summed E-state index contributed by atoms with van der Waals surface area (Å²) >= 11 is 0. The fourth-order valence-electron chi connectivity index (χ4n) is 3.70. The Morgan fingerprint density at radius 3 is 2.56 bits per heavy atom. The fraction of sp³-hybridized carbons (Fsp3) is 0.579. The van der Waals surface area contributed by atoms with E-state index in [9.17, 15) is 10.1 Å². The van der Waals surface area contributed by atoms with Gasteiger partial charge in [-0.1, -0.05) is 0 Å². The van der Waals surface area contributed by atoms with E-state index in [1.54, 1.807) is 14.0 Å². The van der Waals surface area contributed by atoms with Crippen molar-refractivity contribution in [3.05, 3.63) is 17.7 Å². The van der Waals surface area contributed by atoms with Crippen LogP contribution in [0.15, 0.2) is 12.1 Å². The Hall–Kier alpha value is -2.42. The maximum atomic E-state index is 12.0. The number of rotatable bonds is 4. The first-order valence-corrected chi connectivity index (χ1v) is 8.70. The molecule has 0 unspecified atom stereocenters. The maximum Gasteiger partial charge on any atom is 0.308 e. The molecule has 0 radical (unpaired) electrons. The molecule has 6 heteroatoms. The number of carbonyl (C=O) groups excluding carboxylic acids is 1. The minimum Gasteiger partial charge on any atom is -0.493 e. The van der Waals surface area contributed by atoms with Crippen molar-refractivity contribution < 1.29 is 23.7 Å². The van der Waals surface area contributed by atoms with Gasteiger partial charge in [0.2, 0.25) is 5.75 Å². The number of nitrogens with zero attached hydrogens (tertiary/aromatic N) is 1. The number of carbonyl (C=O) groups is 1. The lowest BCUT2D eigenvalue weighted by Gasteiger charge is -2.36. The van der Waals surface area contributed by atoms with Gasteiger partial charge in [-0.15, -0.1) is 0 Å². The molecular weight excluding hydrogens is 322 g/mol. The molecule has 0 saturated heterocycles. The zero-order valence-corrected chi connectivity index (χ0v) is 14.7. The van der Waals surface area contributed by atoms with Gasteiger partial charge in [0.25, 0.3) is 0 Å². The van der Waals surface area contributed by atoms with E-state index in [1.807, 2.05) is 12.1 Å². The van der Waals surface area contributed by atoms with Gasteiger partial charge in [-0.05, 0) is 44.7 Å². The van der Waals surface area contributed by atoms with Crippen molar-refractivity contribution in [3.8, 4) is 23.3 Å². The standard InChI is InChI=1S/C19H23NO5/c1-3-23-18(21)13-6-8-19(12-20,9-7-13)14-4-5-15(22-2)17-16(14)24-10-11-25-17/h4-5,13H,3,6-11H2,1-2H3. The molecule has 1 aromatic carbocycles. The van der Waals surface area contributed by atoms with Crippen LogP contribution in [0, 0.1) is 17.2 Å². The predicted molar refractivity (Wildman–Crippen MR) is 89.9 cm³/mol. The van der Waals surface area contributed by atoms with E-state index in [2.05, 4.69) is 6.07 Å². The number of benzene rings is 1. The molecule has 3 rings (SSSR count). The lowest BCUT2D eigenvalue weighted by atomic mass is 9.67. The van der Waals surface area contributed by atoms with Crippen molar-refractivity contribution in [2.45, 2.75) is 38.0 Å². The van der Waals surface area contributed by atoms with Gasteiger partial charge in [-0.2, -0.15) is 5.26 Å². The summed E-state index contributed by atoms with van der Waals surface area (Å²) in [6.45, 7) is 3.09. The Morgan fingerprint density at radius 2 is 1.96 bits per heavy atom. The van der Waals surface area contributed by atoms with Gasteiger partial charge >= 0.3 is 5.97 Å². The monoisotopic (exact) mass is 345 g/mol. The summed E-state index contributed by atoms with van der Waals surface area (Å²) in [5, 5.41) is 9.96. The molecule has 0 bridgehead atoms. The van der Waals surface area contributed by atoms with Crippen LogP contribution in [0.4, 0.5) is 0 Å². The highest BCUT2D eigenvalue weighted by atomic mass is 16.6. The summed E-state index contributed by atoms with van der Waals surface area (Å²) in [6, 6.07) is 6.19. The molecule has 1 aliphatic heterocycles. The van der Waals surface area contributed by atoms with E-state index in [1.165, 1.54) is 0 Å². The summed E-state index contributed by atoms with van der Waals surface area (Å²) in [7, 11) is 1.58. The molecule has 1 aliphatic carbocycles. The zero-order valence-electron chi connectivity index (χ0n) is 14.7. The number of hydrogen-bond donors (Lipinski definition) is 0. The molecule has 2 aliphatic rings. The van der Waals surface area contributed by atoms with Gasteiger partial charge in [0, 0.05) is 5.56 Å². The van der Waals surface area contributed by atoms with Crippen LogP contribution in [-0.4, -0.2) is 32.9 Å². The molecule has 134 valence electrons. The molecule has 0 N–H and O–H groups in total. The normalized spacial score (nSPS) is 24.9. The van der Waals surface area contributed by atoms with Crippen LogP contribution in [0.5, 0.6) is 17.2 Å². The van der Waals surface area contributed by atoms with Crippen molar-refractivity contribution in [1.82, 2.24) is 0 Å². The van der Waals surface area contributed by atoms with E-state index >= 15 is 0 Å². The van der Waals surface area contributed by atoms with Crippen LogP contribution < -0.4 is 14.2 Å². The topological polar surface area (TPSA) is 77.8 Å². The molecule has 1 heterocycles. The molecule has 1 fully saturated rings. The number of methoxy groups -OCH3 is 1. The van der Waals surface area contributed by atoms with E-state index in [4.69, 9.17) is 18.9 Å². The van der Waals surface area contributed by atoms with Crippen molar-refractivity contribution in [3.63, 3.8) is 0 Å². The Labute approximate surface area is 147 Å². The van der Waals surface area contributed by atoms with Crippen LogP contribution in [0.2, 0.25) is 0 Å². The van der Waals surface area contributed by atoms with Crippen LogP contribution >= 0.6 is 0 Å². The average molecular weight is 345 g/mol. The van der Waals surface area contributed by atoms with Crippen molar-refractivity contribution in [2.24, 2.45) is 5.92 Å². The molecule has 25 heavy (non-hydrogen) atoms. The second-order valence-electron chi connectivity index (χ2n) is 6.39. The molecule has 0 amide bonds. The molecule has 0 aromatic heterocycles. The number of hydrogen-bond acceptors (Lipinski definition) is 6. The van der Waals surface area contributed by atoms with Gasteiger partial charge in [0.05, 0.1) is 31.1 Å². The first-order chi connectivity index (χ1) is 12.1. The second kappa shape index (κ2) is 7.22. The highest BCUT2D eigenvalue weighted by molar-refractivity contribution is 5.72. The predicted octanol–water partition coefficient (Wildman–Crippen LogP) is 2.98. The van der Waals surface area contributed by atoms with Crippen LogP contribution in [0.3, 0.4) is 0 Å². The van der Waals surface area contributed by atoms with Gasteiger partial charge in [-0.25, -0.2) is 0 Å². The van der Waals surface area contributed by atoms with E-state index < -0.39 is 5.41 Å². The number of fused-ring (bicyclic) bond motifs is 1. The summed E-state index contributed by atoms with van der Waals surface area (Å²) < 4.78 is 22.0. The number of ether oxygens (including phenoxy) is 4. The molecular formula is C19H23NO5. The third-order valence-corrected chi connectivity index (χ3v) is 5.06. The van der Waals surface area contributed by atoms with Gasteiger partial charge < -0.3 is 18.9 Å². The summed E-state index contributed by atoms with van der Waals surface area (Å²) in [6.07, 6.45) is 2.45. The molecule has 0 spiro atoms. The first-order valence-electron chi connectivity index (χ1n) is 8.70. The minimum atomic E-state index is -0.681. The van der Waals surface area contributed by atoms with Crippen molar-refractivity contribution in [1.29, 1.82) is 5.26 Å². The van der Waals surface area contributed by atoms with Gasteiger partial charge in [-0.3, -0.25) is 4.79 Å². The average Bonchev–Trinajstić information content (AvgIpc) is 2.67. The number of esters is 1. The Kier molecular flexibility index (Phi) is 5.03. The SMILES string of the molecule is CCOC(=O)C1CCC(C#N)(c2ccc(OC)c3c2OCCO3)CC1. The third-order valence-electron chi connectivity index (χ3n) is 5.06. The van der Waals surface area contributed by atoms with E-state index in [0.717, 1.165) is 5.56 Å². The smallest absolute Gasteiger partial charge is 0.308 e. The van der Waals surface area contributed by atoms with Gasteiger partial charge in [0.15, 0.2) is 11.5 Å². The zero-order chi connectivity index (χ0) is 17.9. The highest BCUT2D eigenvalue weighted by Gasteiger charge is 2.43. The third kappa shape index (κ3) is 3.11. The van der Waals surface area contributed by atoms with Crippen molar-refractivity contribution in [2.75, 3.05) is 26.9 Å². The van der Waals surface area contributed by atoms with Crippen LogP contribution in [0.25, 0.3) is 0 Å². The van der Waals surface area contributed by atoms with Gasteiger partial charge in [0.1, 0.15) is 13.2 Å². The summed E-state index contributed by atoms with van der Waals surface area (Å²) in [4.78, 5) is 12.0. The summed E-state index contributed by atoms with van der Waals surface area (Å²) in [5.74, 6) is 1.47. The summed E-state index contributed by atoms with van der Waals surface area (Å²) in [5.41, 5.74) is 0.146. The molecule has 6 nitrogen and oxygen atoms in total. The lowest BCUT2D eigenvalue weighted by Crippen LogP contribution is -2.34. The molecule has 1 saturated carbocycles. The highest BCUT2D eigenvalue weighted by Crippen LogP contribution is 2.51. The largest absolute Gasteiger partial charge is 0.493 e. The van der Waals surface area contributed by atoms with Crippen LogP contribution in [0.1, 0.15) is 38.2 Å². The Morgan fingerprint density at radius 1 is 1.28 bits per heavy atom. The molecule has 1 aromatic rings. The lowest BCUT2D eigenvalue weighted by molar-refractivity contribution is -0.149. The minimum absolute atomic E-state index is 0.132. The number of nitriles is 1. The van der Waals surface area contributed by atoms with Crippen molar-refractivity contribution >= 4 is 5.97 Å². The van der Waals surface area contributed by atoms with E-state index in [-0.39, 0.29) is 11.9 Å². The van der Waals surface area contributed by atoms with Crippen LogP contribution in [-0.2, 0) is 14.9 Å². The second-order valence-corrected chi connectivity index (χ2v) is 6.39. The Bertz CT molecular complexity index is 686. The van der Waals surface area contributed by atoms with E-state index in [0.29, 0.717) is 62.8 Å². The Balaban J connectivity index is 1.90. The maximum absolute atomic E-state index is 12.0. The fourth-order valence-corrected chi connectivity index (χ4v) is 3.70. The quantitative estimate of drug-likeness (QED) is 0.781. The first kappa shape index (κ1) is 17.4. The molecule has 0 atom stereocenters.